The summed E-state index contributed by atoms with van der Waals surface area (Å²) in [5.41, 5.74) is 2.33. The Kier molecular flexibility index (Phi) is 2.65. The molecule has 2 rings (SSSR count). The molecule has 0 atom stereocenters. The zero-order valence-electron chi connectivity index (χ0n) is 9.19. The van der Waals surface area contributed by atoms with Crippen LogP contribution in [0.1, 0.15) is 19.4 Å². The van der Waals surface area contributed by atoms with Crippen molar-refractivity contribution >= 4 is 22.7 Å². The number of hydrogen-bond acceptors (Lipinski definition) is 3. The van der Waals surface area contributed by atoms with Gasteiger partial charge in [0.15, 0.2) is 0 Å². The van der Waals surface area contributed by atoms with Crippen LogP contribution in [0.2, 0.25) is 0 Å². The third-order valence-corrected chi connectivity index (χ3v) is 3.93. The van der Waals surface area contributed by atoms with Crippen molar-refractivity contribution in [2.45, 2.75) is 18.6 Å². The first-order chi connectivity index (χ1) is 7.15. The molecular formula is C12H14N2S. The van der Waals surface area contributed by atoms with Crippen LogP contribution in [0, 0.1) is 0 Å². The summed E-state index contributed by atoms with van der Waals surface area (Å²) in [7, 11) is 0. The van der Waals surface area contributed by atoms with Crippen molar-refractivity contribution in [1.82, 2.24) is 9.97 Å². The average molecular weight is 218 g/mol. The van der Waals surface area contributed by atoms with Crippen LogP contribution in [0.15, 0.2) is 30.7 Å². The first-order valence-electron chi connectivity index (χ1n) is 4.89. The van der Waals surface area contributed by atoms with Crippen molar-refractivity contribution in [3.8, 4) is 0 Å². The van der Waals surface area contributed by atoms with E-state index in [1.807, 2.05) is 18.0 Å². The van der Waals surface area contributed by atoms with Gasteiger partial charge in [0.05, 0.1) is 5.52 Å². The largest absolute Gasteiger partial charge is 0.244 e. The molecule has 0 unspecified atom stereocenters. The van der Waals surface area contributed by atoms with E-state index in [1.54, 1.807) is 6.33 Å². The van der Waals surface area contributed by atoms with Crippen LogP contribution in [0.5, 0.6) is 0 Å². The van der Waals surface area contributed by atoms with Crippen LogP contribution in [-0.2, 0) is 4.75 Å². The van der Waals surface area contributed by atoms with Gasteiger partial charge in [-0.05, 0) is 25.7 Å². The molecule has 78 valence electrons. The van der Waals surface area contributed by atoms with E-state index in [1.165, 1.54) is 5.56 Å². The molecule has 0 aliphatic rings. The fourth-order valence-corrected chi connectivity index (χ4v) is 1.99. The van der Waals surface area contributed by atoms with Crippen LogP contribution < -0.4 is 0 Å². The summed E-state index contributed by atoms with van der Waals surface area (Å²) in [5, 5.41) is 1.11. The zero-order chi connectivity index (χ0) is 10.9. The van der Waals surface area contributed by atoms with Crippen molar-refractivity contribution in [2.24, 2.45) is 0 Å². The molecule has 0 saturated carbocycles. The smallest absolute Gasteiger partial charge is 0.116 e. The molecule has 0 radical (unpaired) electrons. The lowest BCUT2D eigenvalue weighted by atomic mass is 9.99. The molecule has 0 amide bonds. The first-order valence-corrected chi connectivity index (χ1v) is 6.12. The predicted octanol–water partition coefficient (Wildman–Crippen LogP) is 3.23. The minimum absolute atomic E-state index is 0.0911. The Morgan fingerprint density at radius 1 is 1.27 bits per heavy atom. The third kappa shape index (κ3) is 1.84. The summed E-state index contributed by atoms with van der Waals surface area (Å²) >= 11 is 1.83. The third-order valence-electron chi connectivity index (χ3n) is 2.69. The second-order valence-corrected chi connectivity index (χ2v) is 5.41. The molecular weight excluding hydrogens is 204 g/mol. The van der Waals surface area contributed by atoms with Gasteiger partial charge in [-0.1, -0.05) is 18.2 Å². The van der Waals surface area contributed by atoms with Gasteiger partial charge in [-0.3, -0.25) is 0 Å². The molecule has 2 nitrogen and oxygen atoms in total. The Morgan fingerprint density at radius 2 is 2.07 bits per heavy atom. The van der Waals surface area contributed by atoms with Gasteiger partial charge in [-0.25, -0.2) is 9.97 Å². The van der Waals surface area contributed by atoms with E-state index < -0.39 is 0 Å². The number of benzene rings is 1. The molecule has 1 aromatic carbocycles. The maximum Gasteiger partial charge on any atom is 0.116 e. The average Bonchev–Trinajstić information content (AvgIpc) is 2.28. The molecule has 3 heteroatoms. The minimum atomic E-state index is 0.0911. The summed E-state index contributed by atoms with van der Waals surface area (Å²) < 4.78 is 0.0911. The Labute approximate surface area is 94.1 Å². The van der Waals surface area contributed by atoms with E-state index >= 15 is 0 Å². The van der Waals surface area contributed by atoms with Gasteiger partial charge in [0.25, 0.3) is 0 Å². The quantitative estimate of drug-likeness (QED) is 0.774. The highest BCUT2D eigenvalue weighted by Crippen LogP contribution is 2.36. The van der Waals surface area contributed by atoms with Gasteiger partial charge in [0, 0.05) is 16.3 Å². The fourth-order valence-electron chi connectivity index (χ4n) is 1.61. The summed E-state index contributed by atoms with van der Waals surface area (Å²) in [6.45, 7) is 4.43. The highest BCUT2D eigenvalue weighted by molar-refractivity contribution is 7.99. The summed E-state index contributed by atoms with van der Waals surface area (Å²) in [6.07, 6.45) is 5.60. The second-order valence-electron chi connectivity index (χ2n) is 3.98. The van der Waals surface area contributed by atoms with Crippen molar-refractivity contribution in [1.29, 1.82) is 0 Å². The SMILES string of the molecule is CSC(C)(C)c1cccc2cncnc12. The molecule has 15 heavy (non-hydrogen) atoms. The van der Waals surface area contributed by atoms with E-state index in [2.05, 4.69) is 48.3 Å². The number of hydrogen-bond donors (Lipinski definition) is 0. The number of rotatable bonds is 2. The van der Waals surface area contributed by atoms with Gasteiger partial charge in [-0.2, -0.15) is 11.8 Å². The maximum atomic E-state index is 4.37. The summed E-state index contributed by atoms with van der Waals surface area (Å²) in [5.74, 6) is 0. The number of para-hydroxylation sites is 1. The van der Waals surface area contributed by atoms with Crippen molar-refractivity contribution in [3.05, 3.63) is 36.3 Å². The highest BCUT2D eigenvalue weighted by atomic mass is 32.2. The number of nitrogens with zero attached hydrogens (tertiary/aromatic N) is 2. The van der Waals surface area contributed by atoms with E-state index in [0.717, 1.165) is 10.9 Å². The molecule has 0 aliphatic carbocycles. The molecule has 0 N–H and O–H groups in total. The first kappa shape index (κ1) is 10.4. The molecule has 0 saturated heterocycles. The molecule has 2 aromatic rings. The van der Waals surface area contributed by atoms with Gasteiger partial charge >= 0.3 is 0 Å². The minimum Gasteiger partial charge on any atom is -0.244 e. The number of aromatic nitrogens is 2. The van der Waals surface area contributed by atoms with Crippen LogP contribution in [0.25, 0.3) is 10.9 Å². The fraction of sp³-hybridized carbons (Fsp3) is 0.333. The summed E-state index contributed by atoms with van der Waals surface area (Å²) in [6, 6.07) is 6.26. The van der Waals surface area contributed by atoms with E-state index in [0.29, 0.717) is 0 Å². The second kappa shape index (κ2) is 3.81. The van der Waals surface area contributed by atoms with Crippen LogP contribution >= 0.6 is 11.8 Å². The van der Waals surface area contributed by atoms with Crippen LogP contribution in [0.4, 0.5) is 0 Å². The van der Waals surface area contributed by atoms with Gasteiger partial charge in [0.2, 0.25) is 0 Å². The molecule has 1 heterocycles. The monoisotopic (exact) mass is 218 g/mol. The maximum absolute atomic E-state index is 4.37. The Balaban J connectivity index is 2.71. The molecule has 1 aromatic heterocycles. The van der Waals surface area contributed by atoms with Crippen molar-refractivity contribution in [2.75, 3.05) is 6.26 Å². The predicted molar refractivity (Wildman–Crippen MR) is 66.1 cm³/mol. The Morgan fingerprint density at radius 3 is 2.80 bits per heavy atom. The van der Waals surface area contributed by atoms with E-state index in [9.17, 15) is 0 Å². The summed E-state index contributed by atoms with van der Waals surface area (Å²) in [4.78, 5) is 8.41. The lowest BCUT2D eigenvalue weighted by molar-refractivity contribution is 0.790. The topological polar surface area (TPSA) is 25.8 Å². The van der Waals surface area contributed by atoms with Gasteiger partial charge in [-0.15, -0.1) is 0 Å². The Hall–Kier alpha value is -1.09. The lowest BCUT2D eigenvalue weighted by Crippen LogP contribution is -2.12. The Bertz CT molecular complexity index is 475. The van der Waals surface area contributed by atoms with Gasteiger partial charge < -0.3 is 0 Å². The number of fused-ring (bicyclic) bond motifs is 1. The van der Waals surface area contributed by atoms with E-state index in [-0.39, 0.29) is 4.75 Å². The standard InChI is InChI=1S/C12H14N2S/c1-12(2,15-3)10-6-4-5-9-7-13-8-14-11(9)10/h4-8H,1-3H3. The van der Waals surface area contributed by atoms with Crippen molar-refractivity contribution < 1.29 is 0 Å². The zero-order valence-corrected chi connectivity index (χ0v) is 10.0. The highest BCUT2D eigenvalue weighted by Gasteiger charge is 2.21. The molecule has 0 bridgehead atoms. The van der Waals surface area contributed by atoms with Crippen molar-refractivity contribution in [3.63, 3.8) is 0 Å². The normalized spacial score (nSPS) is 11.9. The molecule has 0 spiro atoms. The van der Waals surface area contributed by atoms with Crippen LogP contribution in [0.3, 0.4) is 0 Å². The molecule has 0 aliphatic heterocycles. The van der Waals surface area contributed by atoms with Crippen LogP contribution in [-0.4, -0.2) is 16.2 Å². The number of thioether (sulfide) groups is 1. The molecule has 0 fully saturated rings. The van der Waals surface area contributed by atoms with Gasteiger partial charge in [0.1, 0.15) is 6.33 Å². The van der Waals surface area contributed by atoms with E-state index in [4.69, 9.17) is 0 Å². The lowest BCUT2D eigenvalue weighted by Gasteiger charge is -2.23.